The van der Waals surface area contributed by atoms with E-state index in [2.05, 4.69) is 37.9 Å². The largest absolute Gasteiger partial charge is 0.466 e. The summed E-state index contributed by atoms with van der Waals surface area (Å²) in [6.45, 7) is 2.10. The summed E-state index contributed by atoms with van der Waals surface area (Å²) in [6.07, 6.45) is 0.109. The number of halogens is 2. The molecule has 0 saturated carbocycles. The molecule has 3 nitrogen and oxygen atoms in total. The fraction of sp³-hybridized carbons (Fsp3) is 0.333. The van der Waals surface area contributed by atoms with E-state index in [0.717, 1.165) is 10.0 Å². The number of nitriles is 1. The Labute approximate surface area is 117 Å². The van der Waals surface area contributed by atoms with Gasteiger partial charge in [-0.15, -0.1) is 0 Å². The van der Waals surface area contributed by atoms with Crippen molar-refractivity contribution in [2.75, 3.05) is 6.61 Å². The molecule has 0 aromatic heterocycles. The van der Waals surface area contributed by atoms with Crippen molar-refractivity contribution in [1.29, 1.82) is 5.26 Å². The van der Waals surface area contributed by atoms with E-state index < -0.39 is 0 Å². The molecule has 90 valence electrons. The van der Waals surface area contributed by atoms with Gasteiger partial charge in [0.1, 0.15) is 0 Å². The second-order valence-electron chi connectivity index (χ2n) is 3.29. The summed E-state index contributed by atoms with van der Waals surface area (Å²) >= 11 is 6.68. The van der Waals surface area contributed by atoms with Crippen LogP contribution in [0, 0.1) is 11.3 Å². The zero-order valence-corrected chi connectivity index (χ0v) is 12.5. The molecule has 0 unspecified atom stereocenters. The zero-order valence-electron chi connectivity index (χ0n) is 9.30. The van der Waals surface area contributed by atoms with Crippen LogP contribution in [-0.4, -0.2) is 12.6 Å². The van der Waals surface area contributed by atoms with Gasteiger partial charge in [0.15, 0.2) is 0 Å². The third kappa shape index (κ3) is 3.55. The second kappa shape index (κ2) is 6.77. The third-order valence-electron chi connectivity index (χ3n) is 2.22. The van der Waals surface area contributed by atoms with E-state index >= 15 is 0 Å². The lowest BCUT2D eigenvalue weighted by Crippen LogP contribution is -2.10. The van der Waals surface area contributed by atoms with Gasteiger partial charge in [0.05, 0.1) is 24.7 Å². The Hall–Kier alpha value is -0.860. The number of carbonyl (C=O) groups is 1. The highest BCUT2D eigenvalue weighted by Gasteiger charge is 2.15. The smallest absolute Gasteiger partial charge is 0.310 e. The van der Waals surface area contributed by atoms with Crippen LogP contribution in [0.5, 0.6) is 0 Å². The predicted molar refractivity (Wildman–Crippen MR) is 71.8 cm³/mol. The highest BCUT2D eigenvalue weighted by Crippen LogP contribution is 2.25. The maximum absolute atomic E-state index is 11.5. The summed E-state index contributed by atoms with van der Waals surface area (Å²) in [6, 6.07) is 5.83. The van der Waals surface area contributed by atoms with Crippen LogP contribution in [0.25, 0.3) is 0 Å². The third-order valence-corrected chi connectivity index (χ3v) is 3.57. The molecule has 0 aliphatic heterocycles. The Morgan fingerprint density at radius 1 is 1.53 bits per heavy atom. The molecule has 0 aliphatic rings. The van der Waals surface area contributed by atoms with Crippen LogP contribution < -0.4 is 0 Å². The number of alkyl halides is 1. The highest BCUT2D eigenvalue weighted by atomic mass is 79.9. The second-order valence-corrected chi connectivity index (χ2v) is 4.70. The Bertz CT molecular complexity index is 466. The van der Waals surface area contributed by atoms with Crippen LogP contribution in [0.15, 0.2) is 16.6 Å². The van der Waals surface area contributed by atoms with Crippen LogP contribution in [0.1, 0.15) is 23.6 Å². The van der Waals surface area contributed by atoms with Gasteiger partial charge in [-0.3, -0.25) is 4.79 Å². The minimum Gasteiger partial charge on any atom is -0.466 e. The van der Waals surface area contributed by atoms with E-state index in [1.54, 1.807) is 6.92 Å². The number of esters is 1. The molecule has 1 aromatic rings. The van der Waals surface area contributed by atoms with Crippen molar-refractivity contribution >= 4 is 37.8 Å². The van der Waals surface area contributed by atoms with E-state index in [9.17, 15) is 4.79 Å². The summed E-state index contributed by atoms with van der Waals surface area (Å²) in [5.74, 6) is -0.323. The van der Waals surface area contributed by atoms with E-state index in [4.69, 9.17) is 10.00 Å². The Morgan fingerprint density at radius 3 is 2.76 bits per heavy atom. The molecule has 17 heavy (non-hydrogen) atoms. The standard InChI is InChI=1S/C12H11Br2NO2/c1-2-17-12(16)5-9-10(7-15)8(6-13)3-4-11(9)14/h3-4H,2,5-6H2,1H3. The van der Waals surface area contributed by atoms with E-state index in [1.165, 1.54) is 0 Å². The number of hydrogen-bond acceptors (Lipinski definition) is 3. The SMILES string of the molecule is CCOC(=O)Cc1c(Br)ccc(CBr)c1C#N. The average molecular weight is 361 g/mol. The van der Waals surface area contributed by atoms with Gasteiger partial charge in [0.2, 0.25) is 0 Å². The lowest BCUT2D eigenvalue weighted by molar-refractivity contribution is -0.142. The summed E-state index contributed by atoms with van der Waals surface area (Å²) in [4.78, 5) is 11.5. The van der Waals surface area contributed by atoms with E-state index in [-0.39, 0.29) is 12.4 Å². The van der Waals surface area contributed by atoms with E-state index in [0.29, 0.717) is 23.1 Å². The van der Waals surface area contributed by atoms with Crippen LogP contribution in [0.4, 0.5) is 0 Å². The first kappa shape index (κ1) is 14.2. The number of rotatable bonds is 4. The fourth-order valence-electron chi connectivity index (χ4n) is 1.45. The van der Waals surface area contributed by atoms with E-state index in [1.807, 2.05) is 12.1 Å². The average Bonchev–Trinajstić information content (AvgIpc) is 2.31. The summed E-state index contributed by atoms with van der Waals surface area (Å²) in [7, 11) is 0. The van der Waals surface area contributed by atoms with Gasteiger partial charge < -0.3 is 4.74 Å². The molecule has 0 fully saturated rings. The number of hydrogen-bond donors (Lipinski definition) is 0. The number of nitrogens with zero attached hydrogens (tertiary/aromatic N) is 1. The zero-order chi connectivity index (χ0) is 12.8. The lowest BCUT2D eigenvalue weighted by Gasteiger charge is -2.09. The normalized spacial score (nSPS) is 9.76. The Balaban J connectivity index is 3.13. The molecular weight excluding hydrogens is 350 g/mol. The highest BCUT2D eigenvalue weighted by molar-refractivity contribution is 9.10. The number of carbonyl (C=O) groups excluding carboxylic acids is 1. The Kier molecular flexibility index (Phi) is 5.66. The molecule has 1 rings (SSSR count). The molecule has 0 heterocycles. The molecule has 1 aromatic carbocycles. The van der Waals surface area contributed by atoms with Gasteiger partial charge in [-0.2, -0.15) is 5.26 Å². The van der Waals surface area contributed by atoms with Gasteiger partial charge in [0.25, 0.3) is 0 Å². The molecule has 0 aliphatic carbocycles. The van der Waals surface area contributed by atoms with Crippen molar-refractivity contribution in [2.24, 2.45) is 0 Å². The molecule has 5 heteroatoms. The summed E-state index contributed by atoms with van der Waals surface area (Å²) < 4.78 is 5.65. The van der Waals surface area contributed by atoms with Gasteiger partial charge in [-0.1, -0.05) is 37.9 Å². The lowest BCUT2D eigenvalue weighted by atomic mass is 10.0. The predicted octanol–water partition coefficient (Wildman–Crippen LogP) is 3.32. The minimum absolute atomic E-state index is 0.109. The van der Waals surface area contributed by atoms with Crippen molar-refractivity contribution in [3.05, 3.63) is 33.3 Å². The molecule has 0 atom stereocenters. The minimum atomic E-state index is -0.323. The summed E-state index contributed by atoms with van der Waals surface area (Å²) in [5.41, 5.74) is 2.09. The van der Waals surface area contributed by atoms with Crippen LogP contribution in [-0.2, 0) is 21.3 Å². The molecular formula is C12H11Br2NO2. The van der Waals surface area contributed by atoms with Gasteiger partial charge >= 0.3 is 5.97 Å². The van der Waals surface area contributed by atoms with Crippen LogP contribution >= 0.6 is 31.9 Å². The maximum atomic E-state index is 11.5. The fourth-order valence-corrected chi connectivity index (χ4v) is 2.39. The first-order valence-electron chi connectivity index (χ1n) is 5.06. The van der Waals surface area contributed by atoms with Crippen molar-refractivity contribution < 1.29 is 9.53 Å². The van der Waals surface area contributed by atoms with Gasteiger partial charge in [-0.25, -0.2) is 0 Å². The van der Waals surface area contributed by atoms with Crippen LogP contribution in [0.3, 0.4) is 0 Å². The first-order chi connectivity index (χ1) is 8.13. The maximum Gasteiger partial charge on any atom is 0.310 e. The van der Waals surface area contributed by atoms with Crippen molar-refractivity contribution in [2.45, 2.75) is 18.7 Å². The number of benzene rings is 1. The molecule has 0 amide bonds. The van der Waals surface area contributed by atoms with Crippen molar-refractivity contribution in [3.8, 4) is 6.07 Å². The van der Waals surface area contributed by atoms with Gasteiger partial charge in [0, 0.05) is 9.80 Å². The number of ether oxygens (including phenoxy) is 1. The molecule has 0 N–H and O–H groups in total. The molecule has 0 bridgehead atoms. The molecule has 0 radical (unpaired) electrons. The van der Waals surface area contributed by atoms with Gasteiger partial charge in [-0.05, 0) is 24.1 Å². The quantitative estimate of drug-likeness (QED) is 0.611. The van der Waals surface area contributed by atoms with Crippen LogP contribution in [0.2, 0.25) is 0 Å². The topological polar surface area (TPSA) is 50.1 Å². The summed E-state index contributed by atoms with van der Waals surface area (Å²) in [5, 5.41) is 9.74. The Morgan fingerprint density at radius 2 is 2.24 bits per heavy atom. The molecule has 0 saturated heterocycles. The molecule has 0 spiro atoms. The van der Waals surface area contributed by atoms with Crippen molar-refractivity contribution in [1.82, 2.24) is 0 Å². The van der Waals surface area contributed by atoms with Crippen molar-refractivity contribution in [3.63, 3.8) is 0 Å². The monoisotopic (exact) mass is 359 g/mol. The first-order valence-corrected chi connectivity index (χ1v) is 6.97.